The van der Waals surface area contributed by atoms with Crippen molar-refractivity contribution in [3.63, 3.8) is 0 Å². The van der Waals surface area contributed by atoms with Gasteiger partial charge in [-0.1, -0.05) is 23.6 Å². The number of nitrogens with one attached hydrogen (secondary N) is 1. The second-order valence-electron chi connectivity index (χ2n) is 3.95. The molecule has 0 saturated heterocycles. The van der Waals surface area contributed by atoms with Gasteiger partial charge in [-0.05, 0) is 32.4 Å². The van der Waals surface area contributed by atoms with Gasteiger partial charge in [-0.3, -0.25) is 4.79 Å². The number of aryl methyl sites for hydroxylation is 2. The Labute approximate surface area is 107 Å². The predicted octanol–water partition coefficient (Wildman–Crippen LogP) is 2.53. The molecule has 17 heavy (non-hydrogen) atoms. The monoisotopic (exact) mass is 247 g/mol. The van der Waals surface area contributed by atoms with Crippen LogP contribution in [0.3, 0.4) is 0 Å². The Kier molecular flexibility index (Phi) is 5.11. The SMILES string of the molecule is C#CCNC(=O)C(C)Sc1ccc(C)cc1C. The second-order valence-corrected chi connectivity index (χ2v) is 5.33. The first-order chi connectivity index (χ1) is 8.04. The van der Waals surface area contributed by atoms with E-state index in [1.54, 1.807) is 11.8 Å². The largest absolute Gasteiger partial charge is 0.344 e. The number of thioether (sulfide) groups is 1. The van der Waals surface area contributed by atoms with Crippen molar-refractivity contribution in [2.45, 2.75) is 30.9 Å². The Bertz CT molecular complexity index is 448. The molecule has 0 bridgehead atoms. The van der Waals surface area contributed by atoms with Crippen LogP contribution in [0, 0.1) is 26.2 Å². The van der Waals surface area contributed by atoms with Gasteiger partial charge in [0.1, 0.15) is 0 Å². The van der Waals surface area contributed by atoms with Gasteiger partial charge in [0, 0.05) is 4.90 Å². The molecule has 1 amide bonds. The van der Waals surface area contributed by atoms with Crippen molar-refractivity contribution in [1.82, 2.24) is 5.32 Å². The molecule has 0 spiro atoms. The molecule has 1 aromatic rings. The van der Waals surface area contributed by atoms with Gasteiger partial charge in [0.2, 0.25) is 5.91 Å². The van der Waals surface area contributed by atoms with E-state index in [0.29, 0.717) is 0 Å². The molecule has 0 radical (unpaired) electrons. The van der Waals surface area contributed by atoms with Crippen molar-refractivity contribution in [3.05, 3.63) is 29.3 Å². The van der Waals surface area contributed by atoms with Crippen LogP contribution in [0.2, 0.25) is 0 Å². The van der Waals surface area contributed by atoms with E-state index < -0.39 is 0 Å². The Hall–Kier alpha value is -1.40. The normalized spacial score (nSPS) is 11.6. The number of hydrogen-bond acceptors (Lipinski definition) is 2. The number of rotatable bonds is 4. The first kappa shape index (κ1) is 13.7. The Morgan fingerprint density at radius 2 is 2.24 bits per heavy atom. The van der Waals surface area contributed by atoms with E-state index in [1.165, 1.54) is 11.1 Å². The average Bonchev–Trinajstić information content (AvgIpc) is 2.29. The third kappa shape index (κ3) is 4.16. The number of terminal acetylenes is 1. The molecule has 1 rings (SSSR count). The first-order valence-corrected chi connectivity index (χ1v) is 6.37. The summed E-state index contributed by atoms with van der Waals surface area (Å²) in [6, 6.07) is 6.23. The summed E-state index contributed by atoms with van der Waals surface area (Å²) in [6.07, 6.45) is 5.10. The third-order valence-electron chi connectivity index (χ3n) is 2.37. The molecule has 0 fully saturated rings. The van der Waals surface area contributed by atoms with Gasteiger partial charge in [0.05, 0.1) is 11.8 Å². The Balaban J connectivity index is 2.65. The molecule has 0 aliphatic heterocycles. The van der Waals surface area contributed by atoms with Crippen LogP contribution in [0.5, 0.6) is 0 Å². The van der Waals surface area contributed by atoms with Gasteiger partial charge in [-0.25, -0.2) is 0 Å². The van der Waals surface area contributed by atoms with Crippen LogP contribution in [0.15, 0.2) is 23.1 Å². The van der Waals surface area contributed by atoms with Crippen LogP contribution in [0.1, 0.15) is 18.1 Å². The smallest absolute Gasteiger partial charge is 0.233 e. The first-order valence-electron chi connectivity index (χ1n) is 5.49. The zero-order valence-electron chi connectivity index (χ0n) is 10.4. The molecule has 1 atom stereocenters. The Morgan fingerprint density at radius 3 is 2.82 bits per heavy atom. The standard InChI is InChI=1S/C14H17NOS/c1-5-8-15-14(16)12(4)17-13-7-6-10(2)9-11(13)3/h1,6-7,9,12H,8H2,2-4H3,(H,15,16). The predicted molar refractivity (Wildman–Crippen MR) is 73.1 cm³/mol. The van der Waals surface area contributed by atoms with Crippen molar-refractivity contribution in [2.24, 2.45) is 0 Å². The number of amides is 1. The van der Waals surface area contributed by atoms with Crippen LogP contribution in [0.4, 0.5) is 0 Å². The van der Waals surface area contributed by atoms with Crippen LogP contribution in [-0.4, -0.2) is 17.7 Å². The lowest BCUT2D eigenvalue weighted by Crippen LogP contribution is -2.31. The van der Waals surface area contributed by atoms with Gasteiger partial charge in [-0.15, -0.1) is 18.2 Å². The quantitative estimate of drug-likeness (QED) is 0.654. The maximum Gasteiger partial charge on any atom is 0.233 e. The van der Waals surface area contributed by atoms with Crippen molar-refractivity contribution in [2.75, 3.05) is 6.54 Å². The van der Waals surface area contributed by atoms with E-state index in [-0.39, 0.29) is 17.7 Å². The molecule has 3 heteroatoms. The minimum absolute atomic E-state index is 0.0204. The average molecular weight is 247 g/mol. The molecule has 1 aromatic carbocycles. The van der Waals surface area contributed by atoms with Crippen molar-refractivity contribution in [1.29, 1.82) is 0 Å². The van der Waals surface area contributed by atoms with Crippen molar-refractivity contribution < 1.29 is 4.79 Å². The maximum absolute atomic E-state index is 11.7. The minimum atomic E-state index is -0.134. The summed E-state index contributed by atoms with van der Waals surface area (Å²) in [5, 5.41) is 2.55. The van der Waals surface area contributed by atoms with Crippen LogP contribution in [0.25, 0.3) is 0 Å². The molecule has 2 nitrogen and oxygen atoms in total. The van der Waals surface area contributed by atoms with Gasteiger partial charge < -0.3 is 5.32 Å². The zero-order chi connectivity index (χ0) is 12.8. The van der Waals surface area contributed by atoms with Crippen LogP contribution in [-0.2, 0) is 4.79 Å². The highest BCUT2D eigenvalue weighted by atomic mass is 32.2. The maximum atomic E-state index is 11.7. The molecule has 0 aromatic heterocycles. The summed E-state index contributed by atoms with van der Waals surface area (Å²) < 4.78 is 0. The Morgan fingerprint density at radius 1 is 1.53 bits per heavy atom. The summed E-state index contributed by atoms with van der Waals surface area (Å²) in [5.41, 5.74) is 2.43. The lowest BCUT2D eigenvalue weighted by Gasteiger charge is -2.12. The fraction of sp³-hybridized carbons (Fsp3) is 0.357. The van der Waals surface area contributed by atoms with Crippen LogP contribution >= 0.6 is 11.8 Å². The van der Waals surface area contributed by atoms with E-state index in [2.05, 4.69) is 43.3 Å². The molecule has 0 heterocycles. The van der Waals surface area contributed by atoms with Crippen LogP contribution < -0.4 is 5.32 Å². The van der Waals surface area contributed by atoms with Gasteiger partial charge >= 0.3 is 0 Å². The minimum Gasteiger partial charge on any atom is -0.344 e. The summed E-state index contributed by atoms with van der Waals surface area (Å²) in [5.74, 6) is 2.37. The van der Waals surface area contributed by atoms with Gasteiger partial charge in [0.15, 0.2) is 0 Å². The van der Waals surface area contributed by atoms with E-state index in [4.69, 9.17) is 6.42 Å². The van der Waals surface area contributed by atoms with E-state index in [0.717, 1.165) is 4.90 Å². The summed E-state index contributed by atoms with van der Waals surface area (Å²) in [4.78, 5) is 12.8. The lowest BCUT2D eigenvalue weighted by molar-refractivity contribution is -0.120. The van der Waals surface area contributed by atoms with E-state index in [1.807, 2.05) is 6.92 Å². The summed E-state index contributed by atoms with van der Waals surface area (Å²) in [6.45, 7) is 6.29. The third-order valence-corrected chi connectivity index (χ3v) is 3.65. The number of benzene rings is 1. The molecule has 1 unspecified atom stereocenters. The summed E-state index contributed by atoms with van der Waals surface area (Å²) in [7, 11) is 0. The fourth-order valence-electron chi connectivity index (χ4n) is 1.46. The number of hydrogen-bond donors (Lipinski definition) is 1. The van der Waals surface area contributed by atoms with Crippen molar-refractivity contribution in [3.8, 4) is 12.3 Å². The number of carbonyl (C=O) groups excluding carboxylic acids is 1. The molecule has 0 aliphatic carbocycles. The highest BCUT2D eigenvalue weighted by Crippen LogP contribution is 2.27. The fourth-order valence-corrected chi connectivity index (χ4v) is 2.42. The van der Waals surface area contributed by atoms with Gasteiger partial charge in [0.25, 0.3) is 0 Å². The van der Waals surface area contributed by atoms with E-state index in [9.17, 15) is 4.79 Å². The highest BCUT2D eigenvalue weighted by Gasteiger charge is 2.14. The van der Waals surface area contributed by atoms with Crippen molar-refractivity contribution >= 4 is 17.7 Å². The molecular formula is C14H17NOS. The molecule has 0 aliphatic rings. The molecule has 0 saturated carbocycles. The molecule has 90 valence electrons. The lowest BCUT2D eigenvalue weighted by atomic mass is 10.2. The highest BCUT2D eigenvalue weighted by molar-refractivity contribution is 8.00. The van der Waals surface area contributed by atoms with E-state index >= 15 is 0 Å². The number of carbonyl (C=O) groups is 1. The topological polar surface area (TPSA) is 29.1 Å². The second kappa shape index (κ2) is 6.36. The zero-order valence-corrected chi connectivity index (χ0v) is 11.2. The molecule has 1 N–H and O–H groups in total. The molecular weight excluding hydrogens is 230 g/mol. The summed E-state index contributed by atoms with van der Waals surface area (Å²) >= 11 is 1.56. The van der Waals surface area contributed by atoms with Gasteiger partial charge in [-0.2, -0.15) is 0 Å².